The van der Waals surface area contributed by atoms with Crippen molar-refractivity contribution in [1.29, 1.82) is 0 Å². The largest absolute Gasteiger partial charge is 0.492 e. The molecule has 0 aliphatic heterocycles. The van der Waals surface area contributed by atoms with Crippen LogP contribution in [-0.2, 0) is 4.79 Å². The molecule has 2 aromatic rings. The van der Waals surface area contributed by atoms with Gasteiger partial charge in [-0.15, -0.1) is 4.73 Å². The zero-order chi connectivity index (χ0) is 18.2. The number of aromatic nitrogens is 1. The number of hydrogen-bond acceptors (Lipinski definition) is 5. The minimum atomic E-state index is -0.776. The number of aliphatic hydroxyl groups is 1. The van der Waals surface area contributed by atoms with Crippen LogP contribution in [0.1, 0.15) is 18.9 Å². The van der Waals surface area contributed by atoms with Crippen molar-refractivity contribution in [1.82, 2.24) is 4.73 Å². The third kappa shape index (κ3) is 5.54. The predicted octanol–water partition coefficient (Wildman–Crippen LogP) is 2.51. The molecular weight excluding hydrogens is 322 g/mol. The summed E-state index contributed by atoms with van der Waals surface area (Å²) < 4.78 is 0.605. The van der Waals surface area contributed by atoms with Crippen LogP contribution in [-0.4, -0.2) is 32.1 Å². The summed E-state index contributed by atoms with van der Waals surface area (Å²) in [4.78, 5) is 16.4. The van der Waals surface area contributed by atoms with E-state index in [-0.39, 0.29) is 24.1 Å². The standard InChI is InChI=1S/C19H21NO5/c1-14(10-11-15-6-3-2-4-7-15)16(21)8-5-9-19(24)25-20-17(22)12-13-18(20)23/h2-7,9-14,16,21-23H,8H2,1H3/t14-,16+/m1/s1. The fourth-order valence-electron chi connectivity index (χ4n) is 2.09. The van der Waals surface area contributed by atoms with Gasteiger partial charge in [0.1, 0.15) is 0 Å². The van der Waals surface area contributed by atoms with Gasteiger partial charge in [0.15, 0.2) is 0 Å². The van der Waals surface area contributed by atoms with E-state index in [0.29, 0.717) is 4.73 Å². The van der Waals surface area contributed by atoms with Gasteiger partial charge < -0.3 is 20.2 Å². The number of aliphatic hydroxyl groups excluding tert-OH is 1. The zero-order valence-electron chi connectivity index (χ0n) is 13.8. The van der Waals surface area contributed by atoms with Gasteiger partial charge in [0.05, 0.1) is 6.10 Å². The summed E-state index contributed by atoms with van der Waals surface area (Å²) in [7, 11) is 0. The van der Waals surface area contributed by atoms with Crippen LogP contribution < -0.4 is 4.84 Å². The van der Waals surface area contributed by atoms with E-state index in [2.05, 4.69) is 0 Å². The maximum absolute atomic E-state index is 11.6. The van der Waals surface area contributed by atoms with E-state index < -0.39 is 12.1 Å². The van der Waals surface area contributed by atoms with E-state index >= 15 is 0 Å². The molecule has 0 saturated heterocycles. The van der Waals surface area contributed by atoms with E-state index in [1.807, 2.05) is 49.4 Å². The summed E-state index contributed by atoms with van der Waals surface area (Å²) in [6.07, 6.45) is 6.06. The maximum Gasteiger partial charge on any atom is 0.356 e. The molecule has 6 heteroatoms. The fourth-order valence-corrected chi connectivity index (χ4v) is 2.09. The summed E-state index contributed by atoms with van der Waals surface area (Å²) in [5, 5.41) is 28.9. The van der Waals surface area contributed by atoms with Gasteiger partial charge in [0, 0.05) is 24.1 Å². The molecule has 3 N–H and O–H groups in total. The van der Waals surface area contributed by atoms with Crippen LogP contribution in [0.5, 0.6) is 11.8 Å². The SMILES string of the molecule is C[C@H](C=Cc1ccccc1)[C@@H](O)CC=CC(=O)On1c(O)ccc1O. The highest BCUT2D eigenvalue weighted by Gasteiger charge is 2.11. The minimum Gasteiger partial charge on any atom is -0.492 e. The Morgan fingerprint density at radius 2 is 1.80 bits per heavy atom. The zero-order valence-corrected chi connectivity index (χ0v) is 13.8. The van der Waals surface area contributed by atoms with Crippen LogP contribution in [0.15, 0.2) is 60.7 Å². The molecule has 25 heavy (non-hydrogen) atoms. The molecular formula is C19H21NO5. The molecule has 2 rings (SSSR count). The van der Waals surface area contributed by atoms with Gasteiger partial charge in [-0.1, -0.05) is 55.5 Å². The number of rotatable bonds is 7. The van der Waals surface area contributed by atoms with Crippen molar-refractivity contribution in [3.8, 4) is 11.8 Å². The Morgan fingerprint density at radius 1 is 1.16 bits per heavy atom. The Hall–Kier alpha value is -2.99. The van der Waals surface area contributed by atoms with Gasteiger partial charge in [0.2, 0.25) is 11.8 Å². The molecule has 2 atom stereocenters. The third-order valence-corrected chi connectivity index (χ3v) is 3.61. The van der Waals surface area contributed by atoms with Crippen molar-refractivity contribution in [2.24, 2.45) is 5.92 Å². The summed E-state index contributed by atoms with van der Waals surface area (Å²) in [6, 6.07) is 12.1. The highest BCUT2D eigenvalue weighted by Crippen LogP contribution is 2.18. The number of benzene rings is 1. The van der Waals surface area contributed by atoms with Gasteiger partial charge in [0.25, 0.3) is 0 Å². The van der Waals surface area contributed by atoms with Crippen molar-refractivity contribution in [2.45, 2.75) is 19.4 Å². The summed E-state index contributed by atoms with van der Waals surface area (Å²) in [5.41, 5.74) is 1.05. The van der Waals surface area contributed by atoms with Crippen molar-refractivity contribution in [3.63, 3.8) is 0 Å². The first kappa shape index (κ1) is 18.4. The van der Waals surface area contributed by atoms with Gasteiger partial charge in [-0.2, -0.15) is 0 Å². The van der Waals surface area contributed by atoms with Crippen LogP contribution in [0.4, 0.5) is 0 Å². The average molecular weight is 343 g/mol. The number of nitrogens with zero attached hydrogens (tertiary/aromatic N) is 1. The van der Waals surface area contributed by atoms with Crippen molar-refractivity contribution < 1.29 is 25.0 Å². The molecule has 0 aliphatic carbocycles. The molecule has 0 saturated carbocycles. The highest BCUT2D eigenvalue weighted by atomic mass is 16.7. The second-order valence-corrected chi connectivity index (χ2v) is 5.59. The van der Waals surface area contributed by atoms with E-state index in [1.165, 1.54) is 18.2 Å². The first-order valence-electron chi connectivity index (χ1n) is 7.87. The number of aromatic hydroxyl groups is 2. The van der Waals surface area contributed by atoms with Gasteiger partial charge in [-0.25, -0.2) is 4.79 Å². The van der Waals surface area contributed by atoms with Gasteiger partial charge in [-0.3, -0.25) is 0 Å². The van der Waals surface area contributed by atoms with E-state index in [1.54, 1.807) is 0 Å². The summed E-state index contributed by atoms with van der Waals surface area (Å²) >= 11 is 0. The van der Waals surface area contributed by atoms with E-state index in [0.717, 1.165) is 11.6 Å². The molecule has 0 radical (unpaired) electrons. The summed E-state index contributed by atoms with van der Waals surface area (Å²) in [6.45, 7) is 1.88. The first-order chi connectivity index (χ1) is 12.0. The Labute approximate surface area is 145 Å². The van der Waals surface area contributed by atoms with E-state index in [9.17, 15) is 20.1 Å². The average Bonchev–Trinajstić information content (AvgIpc) is 2.92. The lowest BCUT2D eigenvalue weighted by molar-refractivity contribution is -0.139. The number of carbonyl (C=O) groups excluding carboxylic acids is 1. The predicted molar refractivity (Wildman–Crippen MR) is 93.8 cm³/mol. The van der Waals surface area contributed by atoms with Crippen LogP contribution in [0.2, 0.25) is 0 Å². The number of hydrogen-bond donors (Lipinski definition) is 3. The molecule has 1 aromatic carbocycles. The molecule has 0 unspecified atom stereocenters. The first-order valence-corrected chi connectivity index (χ1v) is 7.87. The topological polar surface area (TPSA) is 91.9 Å². The fraction of sp³-hybridized carbons (Fsp3) is 0.211. The van der Waals surface area contributed by atoms with Crippen LogP contribution in [0, 0.1) is 5.92 Å². The van der Waals surface area contributed by atoms with Gasteiger partial charge in [-0.05, 0) is 12.0 Å². The highest BCUT2D eigenvalue weighted by molar-refractivity contribution is 5.82. The quantitative estimate of drug-likeness (QED) is 0.672. The van der Waals surface area contributed by atoms with Crippen LogP contribution in [0.25, 0.3) is 6.08 Å². The lowest BCUT2D eigenvalue weighted by Crippen LogP contribution is -2.17. The molecule has 6 nitrogen and oxygen atoms in total. The molecule has 0 bridgehead atoms. The maximum atomic E-state index is 11.6. The number of carbonyl (C=O) groups is 1. The monoisotopic (exact) mass is 343 g/mol. The molecule has 0 aliphatic rings. The van der Waals surface area contributed by atoms with Crippen LogP contribution >= 0.6 is 0 Å². The Morgan fingerprint density at radius 3 is 2.44 bits per heavy atom. The lowest BCUT2D eigenvalue weighted by Gasteiger charge is -2.13. The van der Waals surface area contributed by atoms with Crippen molar-refractivity contribution in [3.05, 3.63) is 66.3 Å². The van der Waals surface area contributed by atoms with E-state index in [4.69, 9.17) is 4.84 Å². The molecule has 1 aromatic heterocycles. The Balaban J connectivity index is 1.82. The molecule has 0 fully saturated rings. The molecule has 132 valence electrons. The normalized spacial score (nSPS) is 14.0. The molecule has 1 heterocycles. The molecule has 0 amide bonds. The second kappa shape index (κ2) is 8.75. The van der Waals surface area contributed by atoms with Crippen molar-refractivity contribution >= 4 is 12.0 Å². The second-order valence-electron chi connectivity index (χ2n) is 5.59. The smallest absolute Gasteiger partial charge is 0.356 e. The van der Waals surface area contributed by atoms with Crippen LogP contribution in [0.3, 0.4) is 0 Å². The van der Waals surface area contributed by atoms with Gasteiger partial charge >= 0.3 is 5.97 Å². The third-order valence-electron chi connectivity index (χ3n) is 3.61. The lowest BCUT2D eigenvalue weighted by atomic mass is 10.00. The Kier molecular flexibility index (Phi) is 6.42. The van der Waals surface area contributed by atoms with Crippen molar-refractivity contribution in [2.75, 3.05) is 0 Å². The minimum absolute atomic E-state index is 0.0987. The Bertz CT molecular complexity index is 729. The molecule has 0 spiro atoms. The summed E-state index contributed by atoms with van der Waals surface area (Å²) in [5.74, 6) is -1.65.